The van der Waals surface area contributed by atoms with Gasteiger partial charge < -0.3 is 5.11 Å². The van der Waals surface area contributed by atoms with Crippen LogP contribution in [0.25, 0.3) is 0 Å². The van der Waals surface area contributed by atoms with E-state index in [0.29, 0.717) is 11.3 Å². The molecule has 2 atom stereocenters. The first kappa shape index (κ1) is 16.6. The molecule has 1 aromatic rings. The second-order valence-electron chi connectivity index (χ2n) is 4.97. The fourth-order valence-corrected chi connectivity index (χ4v) is 5.31. The number of hydrogen-bond donors (Lipinski definition) is 2. The van der Waals surface area contributed by atoms with Gasteiger partial charge in [0.15, 0.2) is 4.34 Å². The molecule has 0 bridgehead atoms. The van der Waals surface area contributed by atoms with Crippen LogP contribution in [-0.2, 0) is 10.0 Å². The second kappa shape index (κ2) is 6.57. The Labute approximate surface area is 131 Å². The van der Waals surface area contributed by atoms with E-state index in [2.05, 4.69) is 4.72 Å². The van der Waals surface area contributed by atoms with E-state index in [4.69, 9.17) is 11.6 Å². The van der Waals surface area contributed by atoms with Crippen LogP contribution in [-0.4, -0.2) is 31.6 Å². The molecular weight excluding hydrogens is 340 g/mol. The van der Waals surface area contributed by atoms with Gasteiger partial charge in [-0.25, -0.2) is 13.1 Å². The van der Waals surface area contributed by atoms with Crippen LogP contribution in [0.5, 0.6) is 0 Å². The third-order valence-electron chi connectivity index (χ3n) is 3.69. The molecule has 0 aliphatic heterocycles. The quantitative estimate of drug-likeness (QED) is 0.599. The number of nitrogens with zero attached hydrogens (tertiary/aromatic N) is 1. The van der Waals surface area contributed by atoms with Gasteiger partial charge in [-0.2, -0.15) is 0 Å². The van der Waals surface area contributed by atoms with Gasteiger partial charge in [0, 0.05) is 19.2 Å². The molecule has 10 heteroatoms. The lowest BCUT2D eigenvalue weighted by Crippen LogP contribution is -2.31. The molecule has 1 fully saturated rings. The van der Waals surface area contributed by atoms with Gasteiger partial charge in [0.05, 0.1) is 4.92 Å². The molecule has 0 amide bonds. The van der Waals surface area contributed by atoms with E-state index in [-0.39, 0.29) is 33.5 Å². The molecule has 1 aliphatic rings. The second-order valence-corrected chi connectivity index (χ2v) is 8.62. The Hall–Kier alpha value is -0.740. The van der Waals surface area contributed by atoms with Gasteiger partial charge in [0.1, 0.15) is 4.21 Å². The van der Waals surface area contributed by atoms with Crippen molar-refractivity contribution in [2.75, 3.05) is 13.2 Å². The maximum Gasteiger partial charge on any atom is 0.300 e. The molecule has 1 aliphatic carbocycles. The minimum Gasteiger partial charge on any atom is -0.396 e. The highest BCUT2D eigenvalue weighted by molar-refractivity contribution is 7.91. The molecule has 1 saturated carbocycles. The van der Waals surface area contributed by atoms with Crippen LogP contribution in [0, 0.1) is 22.0 Å². The molecule has 2 N–H and O–H groups in total. The zero-order valence-corrected chi connectivity index (χ0v) is 13.4. The number of nitrogens with one attached hydrogen (secondary N) is 1. The summed E-state index contributed by atoms with van der Waals surface area (Å²) in [6, 6.07) is 0.966. The summed E-state index contributed by atoms with van der Waals surface area (Å²) in [6.07, 6.45) is 2.71. The first-order valence-electron chi connectivity index (χ1n) is 6.39. The minimum atomic E-state index is -3.82. The fourth-order valence-electron chi connectivity index (χ4n) is 2.51. The van der Waals surface area contributed by atoms with Crippen LogP contribution in [0.4, 0.5) is 5.69 Å². The van der Waals surface area contributed by atoms with E-state index < -0.39 is 20.6 Å². The molecule has 2 unspecified atom stereocenters. The van der Waals surface area contributed by atoms with Gasteiger partial charge in [-0.3, -0.25) is 10.1 Å². The summed E-state index contributed by atoms with van der Waals surface area (Å²) in [6.45, 7) is 0.263. The predicted octanol–water partition coefficient (Wildman–Crippen LogP) is 2.00. The summed E-state index contributed by atoms with van der Waals surface area (Å²) in [5, 5.41) is 19.9. The van der Waals surface area contributed by atoms with E-state index in [1.165, 1.54) is 0 Å². The average molecular weight is 355 g/mol. The number of aliphatic hydroxyl groups is 1. The van der Waals surface area contributed by atoms with E-state index in [1.54, 1.807) is 0 Å². The van der Waals surface area contributed by atoms with Crippen LogP contribution in [0.15, 0.2) is 10.3 Å². The van der Waals surface area contributed by atoms with E-state index >= 15 is 0 Å². The topological polar surface area (TPSA) is 110 Å². The first-order valence-corrected chi connectivity index (χ1v) is 9.07. The fraction of sp³-hybridized carbons (Fsp3) is 0.636. The molecule has 1 heterocycles. The third kappa shape index (κ3) is 3.72. The number of aliphatic hydroxyl groups excluding tert-OH is 1. The standard InChI is InChI=1S/C11H15ClN2O5S2/c12-11-9(14(16)17)4-10(20-11)21(18,19)13-5-7-2-1-3-8(7)6-15/h4,7-8,13,15H,1-3,5-6H2. The van der Waals surface area contributed by atoms with Crippen molar-refractivity contribution in [2.45, 2.75) is 23.5 Å². The Morgan fingerprint density at radius 1 is 1.48 bits per heavy atom. The van der Waals surface area contributed by atoms with Crippen LogP contribution < -0.4 is 4.72 Å². The summed E-state index contributed by atoms with van der Waals surface area (Å²) in [5.41, 5.74) is -0.406. The third-order valence-corrected chi connectivity index (χ3v) is 6.93. The van der Waals surface area contributed by atoms with Gasteiger partial charge in [-0.1, -0.05) is 18.0 Å². The zero-order chi connectivity index (χ0) is 15.6. The van der Waals surface area contributed by atoms with Crippen molar-refractivity contribution in [3.05, 3.63) is 20.5 Å². The maximum absolute atomic E-state index is 12.1. The molecule has 0 spiro atoms. The largest absolute Gasteiger partial charge is 0.396 e. The number of sulfonamides is 1. The highest BCUT2D eigenvalue weighted by atomic mass is 35.5. The zero-order valence-electron chi connectivity index (χ0n) is 11.0. The molecular formula is C11H15ClN2O5S2. The Bertz CT molecular complexity index is 631. The number of rotatable bonds is 6. The number of thiophene rings is 1. The molecule has 21 heavy (non-hydrogen) atoms. The SMILES string of the molecule is O=[N+]([O-])c1cc(S(=O)(=O)NCC2CCCC2CO)sc1Cl. The van der Waals surface area contributed by atoms with Crippen molar-refractivity contribution in [3.63, 3.8) is 0 Å². The van der Waals surface area contributed by atoms with Crippen LogP contribution in [0.1, 0.15) is 19.3 Å². The maximum atomic E-state index is 12.1. The van der Waals surface area contributed by atoms with E-state index in [1.807, 2.05) is 0 Å². The Morgan fingerprint density at radius 2 is 2.14 bits per heavy atom. The van der Waals surface area contributed by atoms with Crippen LogP contribution >= 0.6 is 22.9 Å². The van der Waals surface area contributed by atoms with Crippen LogP contribution in [0.3, 0.4) is 0 Å². The van der Waals surface area contributed by atoms with Crippen molar-refractivity contribution in [1.29, 1.82) is 0 Å². The van der Waals surface area contributed by atoms with Crippen LogP contribution in [0.2, 0.25) is 4.34 Å². The van der Waals surface area contributed by atoms with E-state index in [9.17, 15) is 23.6 Å². The summed E-state index contributed by atoms with van der Waals surface area (Å²) in [4.78, 5) is 9.98. The predicted molar refractivity (Wildman–Crippen MR) is 79.1 cm³/mol. The molecule has 7 nitrogen and oxygen atoms in total. The number of nitro groups is 1. The lowest BCUT2D eigenvalue weighted by Gasteiger charge is -2.17. The van der Waals surface area contributed by atoms with Gasteiger partial charge in [-0.15, -0.1) is 11.3 Å². The summed E-state index contributed by atoms with van der Waals surface area (Å²) in [7, 11) is -3.82. The van der Waals surface area contributed by atoms with Gasteiger partial charge in [-0.05, 0) is 24.7 Å². The molecule has 0 aromatic carbocycles. The first-order chi connectivity index (χ1) is 9.85. The average Bonchev–Trinajstić information content (AvgIpc) is 3.02. The highest BCUT2D eigenvalue weighted by Crippen LogP contribution is 2.36. The summed E-state index contributed by atoms with van der Waals surface area (Å²) < 4.78 is 26.4. The number of hydrogen-bond acceptors (Lipinski definition) is 6. The Kier molecular flexibility index (Phi) is 5.20. The van der Waals surface area contributed by atoms with Crippen molar-refractivity contribution in [2.24, 2.45) is 11.8 Å². The Balaban J connectivity index is 2.08. The van der Waals surface area contributed by atoms with Crippen molar-refractivity contribution in [3.8, 4) is 0 Å². The van der Waals surface area contributed by atoms with Crippen molar-refractivity contribution in [1.82, 2.24) is 4.72 Å². The van der Waals surface area contributed by atoms with E-state index in [0.717, 1.165) is 25.3 Å². The number of halogens is 1. The highest BCUT2D eigenvalue weighted by Gasteiger charge is 2.30. The molecule has 1 aromatic heterocycles. The summed E-state index contributed by atoms with van der Waals surface area (Å²) >= 11 is 6.33. The van der Waals surface area contributed by atoms with Gasteiger partial charge in [0.25, 0.3) is 5.69 Å². The lowest BCUT2D eigenvalue weighted by atomic mass is 9.97. The Morgan fingerprint density at radius 3 is 2.71 bits per heavy atom. The monoisotopic (exact) mass is 354 g/mol. The van der Waals surface area contributed by atoms with Crippen molar-refractivity contribution < 1.29 is 18.4 Å². The smallest absolute Gasteiger partial charge is 0.300 e. The minimum absolute atomic E-state index is 0.0443. The van der Waals surface area contributed by atoms with Gasteiger partial charge >= 0.3 is 0 Å². The molecule has 118 valence electrons. The van der Waals surface area contributed by atoms with Crippen molar-refractivity contribution >= 4 is 38.6 Å². The van der Waals surface area contributed by atoms with Gasteiger partial charge in [0.2, 0.25) is 10.0 Å². The summed E-state index contributed by atoms with van der Waals surface area (Å²) in [5.74, 6) is 0.198. The molecule has 2 rings (SSSR count). The molecule has 0 saturated heterocycles. The lowest BCUT2D eigenvalue weighted by molar-refractivity contribution is -0.384. The molecule has 0 radical (unpaired) electrons. The normalized spacial score (nSPS) is 22.6.